The number of hydrogen-bond donors (Lipinski definition) is 0. The second-order valence-corrected chi connectivity index (χ2v) is 4.10. The number of nitro groups is 1. The van der Waals surface area contributed by atoms with Gasteiger partial charge in [0.05, 0.1) is 10.5 Å². The van der Waals surface area contributed by atoms with Crippen molar-refractivity contribution in [2.75, 3.05) is 0 Å². The lowest BCUT2D eigenvalue weighted by Crippen LogP contribution is -2.16. The van der Waals surface area contributed by atoms with E-state index in [0.29, 0.717) is 6.07 Å². The van der Waals surface area contributed by atoms with Crippen LogP contribution in [-0.2, 0) is 11.0 Å². The number of hydrogen-bond acceptors (Lipinski definition) is 3. The van der Waals surface area contributed by atoms with Gasteiger partial charge in [-0.2, -0.15) is 13.2 Å². The van der Waals surface area contributed by atoms with Crippen molar-refractivity contribution >= 4 is 11.5 Å². The van der Waals surface area contributed by atoms with Crippen molar-refractivity contribution in [2.45, 2.75) is 32.4 Å². The van der Waals surface area contributed by atoms with Crippen molar-refractivity contribution in [2.24, 2.45) is 0 Å². The number of non-ortho nitro benzene ring substituents is 1. The van der Waals surface area contributed by atoms with Gasteiger partial charge in [-0.05, 0) is 18.9 Å². The van der Waals surface area contributed by atoms with Crippen LogP contribution in [-0.4, -0.2) is 10.7 Å². The number of rotatable bonds is 4. The fourth-order valence-corrected chi connectivity index (χ4v) is 1.93. The van der Waals surface area contributed by atoms with Gasteiger partial charge >= 0.3 is 6.18 Å². The van der Waals surface area contributed by atoms with Crippen molar-refractivity contribution < 1.29 is 22.9 Å². The molecule has 1 aromatic carbocycles. The molecule has 1 aromatic rings. The average molecular weight is 275 g/mol. The minimum Gasteiger partial charge on any atom is -0.299 e. The standard InChI is InChI=1S/C12H12F3NO3/c1-3-9(7(2)17)10-5-4-8(16(18)19)6-11(10)12(13,14)15/h4-6,9H,3H2,1-2H3. The number of benzene rings is 1. The number of alkyl halides is 3. The minimum absolute atomic E-state index is 0.205. The van der Waals surface area contributed by atoms with Gasteiger partial charge in [0.2, 0.25) is 0 Å². The van der Waals surface area contributed by atoms with E-state index in [1.54, 1.807) is 6.92 Å². The second-order valence-electron chi connectivity index (χ2n) is 4.10. The summed E-state index contributed by atoms with van der Waals surface area (Å²) in [7, 11) is 0. The summed E-state index contributed by atoms with van der Waals surface area (Å²) in [5, 5.41) is 10.5. The first-order valence-corrected chi connectivity index (χ1v) is 5.54. The van der Waals surface area contributed by atoms with Gasteiger partial charge < -0.3 is 0 Å². The maximum absolute atomic E-state index is 12.9. The molecule has 0 saturated heterocycles. The fraction of sp³-hybridized carbons (Fsp3) is 0.417. The number of nitrogens with zero attached hydrogens (tertiary/aromatic N) is 1. The summed E-state index contributed by atoms with van der Waals surface area (Å²) in [5.41, 5.74) is -1.98. The lowest BCUT2D eigenvalue weighted by atomic mass is 9.88. The van der Waals surface area contributed by atoms with E-state index in [1.807, 2.05) is 0 Å². The first kappa shape index (κ1) is 15.1. The molecule has 0 spiro atoms. The third kappa shape index (κ3) is 3.30. The van der Waals surface area contributed by atoms with Crippen molar-refractivity contribution in [3.05, 3.63) is 39.4 Å². The van der Waals surface area contributed by atoms with Crippen molar-refractivity contribution in [3.8, 4) is 0 Å². The highest BCUT2D eigenvalue weighted by Crippen LogP contribution is 2.38. The van der Waals surface area contributed by atoms with Crippen LogP contribution in [0.5, 0.6) is 0 Å². The molecule has 104 valence electrons. The van der Waals surface area contributed by atoms with E-state index in [2.05, 4.69) is 0 Å². The molecule has 4 nitrogen and oxygen atoms in total. The highest BCUT2D eigenvalue weighted by Gasteiger charge is 2.37. The molecule has 1 unspecified atom stereocenters. The Morgan fingerprint density at radius 3 is 2.37 bits per heavy atom. The van der Waals surface area contributed by atoms with Gasteiger partial charge in [-0.3, -0.25) is 14.9 Å². The van der Waals surface area contributed by atoms with Gasteiger partial charge in [0.25, 0.3) is 5.69 Å². The Bertz CT molecular complexity index is 511. The van der Waals surface area contributed by atoms with E-state index in [4.69, 9.17) is 0 Å². The van der Waals surface area contributed by atoms with Gasteiger partial charge in [0.1, 0.15) is 5.78 Å². The van der Waals surface area contributed by atoms with Crippen molar-refractivity contribution in [1.82, 2.24) is 0 Å². The van der Waals surface area contributed by atoms with E-state index >= 15 is 0 Å². The van der Waals surface area contributed by atoms with Crippen molar-refractivity contribution in [3.63, 3.8) is 0 Å². The van der Waals surface area contributed by atoms with E-state index in [-0.39, 0.29) is 12.0 Å². The van der Waals surface area contributed by atoms with Gasteiger partial charge in [-0.15, -0.1) is 0 Å². The lowest BCUT2D eigenvalue weighted by Gasteiger charge is -2.18. The summed E-state index contributed by atoms with van der Waals surface area (Å²) in [4.78, 5) is 21.0. The smallest absolute Gasteiger partial charge is 0.299 e. The highest BCUT2D eigenvalue weighted by molar-refractivity contribution is 5.83. The first-order chi connectivity index (χ1) is 8.68. The molecule has 0 aliphatic carbocycles. The van der Waals surface area contributed by atoms with Crippen molar-refractivity contribution in [1.29, 1.82) is 0 Å². The van der Waals surface area contributed by atoms with E-state index in [0.717, 1.165) is 12.1 Å². The first-order valence-electron chi connectivity index (χ1n) is 5.54. The lowest BCUT2D eigenvalue weighted by molar-refractivity contribution is -0.385. The fourth-order valence-electron chi connectivity index (χ4n) is 1.93. The second kappa shape index (κ2) is 5.38. The van der Waals surface area contributed by atoms with E-state index in [9.17, 15) is 28.1 Å². The Morgan fingerprint density at radius 1 is 1.42 bits per heavy atom. The molecule has 19 heavy (non-hydrogen) atoms. The van der Waals surface area contributed by atoms with Crippen LogP contribution < -0.4 is 0 Å². The molecule has 0 saturated carbocycles. The third-order valence-electron chi connectivity index (χ3n) is 2.83. The summed E-state index contributed by atoms with van der Waals surface area (Å²) < 4.78 is 38.8. The molecule has 0 bridgehead atoms. The number of nitro benzene ring substituents is 1. The van der Waals surface area contributed by atoms with Gasteiger partial charge in [0.15, 0.2) is 0 Å². The quantitative estimate of drug-likeness (QED) is 0.621. The molecule has 0 fully saturated rings. The van der Waals surface area contributed by atoms with Gasteiger partial charge in [-0.1, -0.05) is 13.0 Å². The summed E-state index contributed by atoms with van der Waals surface area (Å²) in [6.07, 6.45) is -4.53. The number of carbonyl (C=O) groups excluding carboxylic acids is 1. The summed E-state index contributed by atoms with van der Waals surface area (Å²) in [6, 6.07) is 2.47. The molecule has 0 aromatic heterocycles. The molecule has 0 amide bonds. The maximum atomic E-state index is 12.9. The number of carbonyl (C=O) groups is 1. The number of ketones is 1. The largest absolute Gasteiger partial charge is 0.416 e. The molecule has 7 heteroatoms. The molecule has 0 aliphatic rings. The zero-order valence-electron chi connectivity index (χ0n) is 10.3. The van der Waals surface area contributed by atoms with Gasteiger partial charge in [-0.25, -0.2) is 0 Å². The number of halogens is 3. The minimum atomic E-state index is -4.73. The van der Waals surface area contributed by atoms with Crippen LogP contribution in [0.15, 0.2) is 18.2 Å². The zero-order valence-corrected chi connectivity index (χ0v) is 10.3. The third-order valence-corrected chi connectivity index (χ3v) is 2.83. The molecular formula is C12H12F3NO3. The Labute approximate surface area is 107 Å². The normalized spacial score (nSPS) is 13.1. The van der Waals surface area contributed by atoms with Crippen LogP contribution in [0, 0.1) is 10.1 Å². The predicted molar refractivity (Wildman–Crippen MR) is 61.8 cm³/mol. The predicted octanol–water partition coefficient (Wildman–Crippen LogP) is 3.70. The Morgan fingerprint density at radius 2 is 2.00 bits per heavy atom. The summed E-state index contributed by atoms with van der Waals surface area (Å²) in [6.45, 7) is 2.80. The van der Waals surface area contributed by atoms with Crippen LogP contribution in [0.3, 0.4) is 0 Å². The van der Waals surface area contributed by atoms with Crippen LogP contribution in [0.4, 0.5) is 18.9 Å². The molecule has 0 N–H and O–H groups in total. The van der Waals surface area contributed by atoms with E-state index < -0.39 is 34.1 Å². The van der Waals surface area contributed by atoms with Gasteiger partial charge in [0, 0.05) is 18.1 Å². The Kier molecular flexibility index (Phi) is 4.28. The topological polar surface area (TPSA) is 60.2 Å². The molecule has 1 rings (SSSR count). The monoisotopic (exact) mass is 275 g/mol. The Hall–Kier alpha value is -1.92. The average Bonchev–Trinajstić information content (AvgIpc) is 2.28. The highest BCUT2D eigenvalue weighted by atomic mass is 19.4. The molecular weight excluding hydrogens is 263 g/mol. The van der Waals surface area contributed by atoms with Crippen LogP contribution >= 0.6 is 0 Å². The summed E-state index contributed by atoms with van der Waals surface area (Å²) >= 11 is 0. The van der Waals surface area contributed by atoms with E-state index in [1.165, 1.54) is 6.92 Å². The maximum Gasteiger partial charge on any atom is 0.416 e. The van der Waals surface area contributed by atoms with Crippen LogP contribution in [0.25, 0.3) is 0 Å². The molecule has 0 aliphatic heterocycles. The SMILES string of the molecule is CCC(C(C)=O)c1ccc([N+](=O)[O-])cc1C(F)(F)F. The van der Waals surface area contributed by atoms with Crippen LogP contribution in [0.1, 0.15) is 37.3 Å². The summed E-state index contributed by atoms with van der Waals surface area (Å²) in [5.74, 6) is -1.31. The Balaban J connectivity index is 3.47. The number of Topliss-reactive ketones (excluding diaryl/α,β-unsaturated/α-hetero) is 1. The molecule has 1 atom stereocenters. The zero-order chi connectivity index (χ0) is 14.8. The molecule has 0 radical (unpaired) electrons. The molecule has 0 heterocycles. The van der Waals surface area contributed by atoms with Crippen LogP contribution in [0.2, 0.25) is 0 Å².